The van der Waals surface area contributed by atoms with Gasteiger partial charge in [0.1, 0.15) is 0 Å². The van der Waals surface area contributed by atoms with Crippen LogP contribution in [0.25, 0.3) is 0 Å². The summed E-state index contributed by atoms with van der Waals surface area (Å²) in [6, 6.07) is 0. The summed E-state index contributed by atoms with van der Waals surface area (Å²) in [5, 5.41) is 0. The van der Waals surface area contributed by atoms with Crippen molar-refractivity contribution in [1.82, 2.24) is 0 Å². The number of hydrogen-bond acceptors (Lipinski definition) is 3. The molecule has 0 amide bonds. The van der Waals surface area contributed by atoms with E-state index in [0.29, 0.717) is 6.42 Å². The number of carbonyl (C=O) groups excluding carboxylic acids is 2. The highest BCUT2D eigenvalue weighted by Gasteiger charge is 2.13. The zero-order valence-electron chi connectivity index (χ0n) is 8.92. The molecular formula is C11H16O3. The monoisotopic (exact) mass is 196 g/mol. The molecule has 0 heterocycles. The largest absolute Gasteiger partial charge is 0.456 e. The van der Waals surface area contributed by atoms with Gasteiger partial charge in [-0.3, -0.25) is 4.79 Å². The molecule has 0 spiro atoms. The molecule has 0 aliphatic carbocycles. The second-order valence-electron chi connectivity index (χ2n) is 3.19. The van der Waals surface area contributed by atoms with Gasteiger partial charge in [-0.1, -0.05) is 19.3 Å². The molecule has 0 rings (SSSR count). The first-order valence-corrected chi connectivity index (χ1v) is 4.81. The molecule has 0 atom stereocenters. The van der Waals surface area contributed by atoms with Gasteiger partial charge in [0.15, 0.2) is 0 Å². The molecule has 3 heteroatoms. The first-order chi connectivity index (χ1) is 6.57. The van der Waals surface area contributed by atoms with Gasteiger partial charge in [0.25, 0.3) is 0 Å². The van der Waals surface area contributed by atoms with Crippen LogP contribution in [0.5, 0.6) is 0 Å². The Morgan fingerprint density at radius 1 is 1.36 bits per heavy atom. The van der Waals surface area contributed by atoms with Crippen molar-refractivity contribution in [3.8, 4) is 11.8 Å². The topological polar surface area (TPSA) is 43.4 Å². The summed E-state index contributed by atoms with van der Waals surface area (Å²) in [4.78, 5) is 21.9. The van der Waals surface area contributed by atoms with Gasteiger partial charge in [0.05, 0.1) is 6.10 Å². The second-order valence-corrected chi connectivity index (χ2v) is 3.19. The molecule has 3 nitrogen and oxygen atoms in total. The Bertz CT molecular complexity index is 255. The van der Waals surface area contributed by atoms with Crippen molar-refractivity contribution in [2.45, 2.75) is 46.1 Å². The van der Waals surface area contributed by atoms with Crippen molar-refractivity contribution >= 4 is 11.8 Å². The molecule has 0 aromatic rings. The van der Waals surface area contributed by atoms with Crippen LogP contribution in [0.3, 0.4) is 0 Å². The van der Waals surface area contributed by atoms with Gasteiger partial charge in [-0.2, -0.15) is 0 Å². The van der Waals surface area contributed by atoms with Crippen molar-refractivity contribution in [3.63, 3.8) is 0 Å². The van der Waals surface area contributed by atoms with Gasteiger partial charge in [-0.05, 0) is 26.2 Å². The van der Waals surface area contributed by atoms with E-state index < -0.39 is 11.8 Å². The third-order valence-corrected chi connectivity index (χ3v) is 1.39. The quantitative estimate of drug-likeness (QED) is 0.226. The van der Waals surface area contributed by atoms with E-state index in [2.05, 4.69) is 16.6 Å². The lowest BCUT2D eigenvalue weighted by Crippen LogP contribution is -2.19. The third-order valence-electron chi connectivity index (χ3n) is 1.39. The Balaban J connectivity index is 3.93. The summed E-state index contributed by atoms with van der Waals surface area (Å²) in [7, 11) is 0. The Morgan fingerprint density at radius 3 is 2.50 bits per heavy atom. The van der Waals surface area contributed by atoms with Gasteiger partial charge in [-0.25, -0.2) is 4.79 Å². The average molecular weight is 196 g/mol. The van der Waals surface area contributed by atoms with E-state index in [1.807, 2.05) is 6.92 Å². The first-order valence-electron chi connectivity index (χ1n) is 4.81. The van der Waals surface area contributed by atoms with E-state index in [0.717, 1.165) is 12.8 Å². The van der Waals surface area contributed by atoms with Crippen LogP contribution in [0.15, 0.2) is 0 Å². The second kappa shape index (κ2) is 7.14. The normalized spacial score (nSPS) is 9.14. The molecule has 0 fully saturated rings. The number of esters is 1. The van der Waals surface area contributed by atoms with E-state index in [-0.39, 0.29) is 6.10 Å². The van der Waals surface area contributed by atoms with Crippen LogP contribution in [-0.2, 0) is 14.3 Å². The van der Waals surface area contributed by atoms with Crippen LogP contribution in [0.4, 0.5) is 0 Å². The zero-order valence-corrected chi connectivity index (χ0v) is 8.92. The SMILES string of the molecule is CCCCC#CC(=O)C(=O)OC(C)C. The number of ether oxygens (including phenoxy) is 1. The van der Waals surface area contributed by atoms with Crippen molar-refractivity contribution < 1.29 is 14.3 Å². The van der Waals surface area contributed by atoms with Crippen molar-refractivity contribution in [1.29, 1.82) is 0 Å². The molecule has 0 saturated heterocycles. The number of unbranched alkanes of at least 4 members (excludes halogenated alkanes) is 2. The minimum absolute atomic E-state index is 0.274. The fourth-order valence-electron chi connectivity index (χ4n) is 0.727. The molecule has 0 aromatic carbocycles. The molecule has 0 bridgehead atoms. The Labute approximate surface area is 84.8 Å². The summed E-state index contributed by atoms with van der Waals surface area (Å²) in [5.41, 5.74) is 0. The van der Waals surface area contributed by atoms with Crippen LogP contribution in [-0.4, -0.2) is 17.9 Å². The molecule has 0 unspecified atom stereocenters. The summed E-state index contributed by atoms with van der Waals surface area (Å²) in [6.07, 6.45) is 2.35. The lowest BCUT2D eigenvalue weighted by Gasteiger charge is -2.03. The molecule has 78 valence electrons. The van der Waals surface area contributed by atoms with Gasteiger partial charge in [-0.15, -0.1) is 0 Å². The average Bonchev–Trinajstić information content (AvgIpc) is 2.11. The number of ketones is 1. The van der Waals surface area contributed by atoms with E-state index >= 15 is 0 Å². The van der Waals surface area contributed by atoms with E-state index in [1.165, 1.54) is 0 Å². The predicted molar refractivity (Wildman–Crippen MR) is 53.5 cm³/mol. The summed E-state index contributed by atoms with van der Waals surface area (Å²) < 4.78 is 4.68. The van der Waals surface area contributed by atoms with Gasteiger partial charge < -0.3 is 4.74 Å². The molecule has 0 saturated carbocycles. The highest BCUT2D eigenvalue weighted by atomic mass is 16.5. The van der Waals surface area contributed by atoms with Gasteiger partial charge >= 0.3 is 11.8 Å². The Morgan fingerprint density at radius 2 is 2.00 bits per heavy atom. The lowest BCUT2D eigenvalue weighted by molar-refractivity contribution is -0.154. The van der Waals surface area contributed by atoms with Crippen molar-refractivity contribution in [2.24, 2.45) is 0 Å². The smallest absolute Gasteiger partial charge is 0.388 e. The summed E-state index contributed by atoms with van der Waals surface area (Å²) >= 11 is 0. The summed E-state index contributed by atoms with van der Waals surface area (Å²) in [6.45, 7) is 5.42. The fourth-order valence-corrected chi connectivity index (χ4v) is 0.727. The van der Waals surface area contributed by atoms with Crippen molar-refractivity contribution in [3.05, 3.63) is 0 Å². The van der Waals surface area contributed by atoms with Crippen LogP contribution >= 0.6 is 0 Å². The minimum Gasteiger partial charge on any atom is -0.456 e. The van der Waals surface area contributed by atoms with Crippen molar-refractivity contribution in [2.75, 3.05) is 0 Å². The lowest BCUT2D eigenvalue weighted by atomic mass is 10.2. The molecule has 0 radical (unpaired) electrons. The van der Waals surface area contributed by atoms with Crippen LogP contribution < -0.4 is 0 Å². The number of carbonyl (C=O) groups is 2. The molecule has 0 aliphatic heterocycles. The van der Waals surface area contributed by atoms with Crippen LogP contribution in [0.1, 0.15) is 40.0 Å². The number of rotatable bonds is 4. The first kappa shape index (κ1) is 12.7. The highest BCUT2D eigenvalue weighted by Crippen LogP contribution is 1.92. The highest BCUT2D eigenvalue weighted by molar-refractivity contribution is 6.40. The molecule has 0 aliphatic rings. The maximum Gasteiger partial charge on any atom is 0.388 e. The molecule has 14 heavy (non-hydrogen) atoms. The fraction of sp³-hybridized carbons (Fsp3) is 0.636. The number of hydrogen-bond donors (Lipinski definition) is 0. The standard InChI is InChI=1S/C11H16O3/c1-4-5-6-7-8-10(12)11(13)14-9(2)3/h9H,4-6H2,1-3H3. The van der Waals surface area contributed by atoms with E-state index in [4.69, 9.17) is 0 Å². The zero-order chi connectivity index (χ0) is 11.0. The summed E-state index contributed by atoms with van der Waals surface area (Å²) in [5.74, 6) is 3.29. The van der Waals surface area contributed by atoms with Gasteiger partial charge in [0, 0.05) is 6.42 Å². The Hall–Kier alpha value is -1.30. The maximum absolute atomic E-state index is 11.0. The molecule has 0 aromatic heterocycles. The van der Waals surface area contributed by atoms with E-state index in [9.17, 15) is 9.59 Å². The van der Waals surface area contributed by atoms with Crippen LogP contribution in [0.2, 0.25) is 0 Å². The van der Waals surface area contributed by atoms with Gasteiger partial charge in [0.2, 0.25) is 0 Å². The predicted octanol–water partition coefficient (Wildman–Crippen LogP) is 1.70. The maximum atomic E-state index is 11.0. The van der Waals surface area contributed by atoms with E-state index in [1.54, 1.807) is 13.8 Å². The van der Waals surface area contributed by atoms with Crippen LogP contribution in [0, 0.1) is 11.8 Å². The number of Topliss-reactive ketones (excluding diaryl/α,β-unsaturated/α-hetero) is 1. The third kappa shape index (κ3) is 6.24. The Kier molecular flexibility index (Phi) is 6.47. The molecular weight excluding hydrogens is 180 g/mol. The minimum atomic E-state index is -0.857. The molecule has 0 N–H and O–H groups in total.